The van der Waals surface area contributed by atoms with Crippen LogP contribution in [-0.4, -0.2) is 31.0 Å². The second kappa shape index (κ2) is 9.93. The van der Waals surface area contributed by atoms with Gasteiger partial charge in [0.05, 0.1) is 6.42 Å². The van der Waals surface area contributed by atoms with Crippen LogP contribution in [0.5, 0.6) is 0 Å². The largest absolute Gasteiger partial charge is 0.457 e. The van der Waals surface area contributed by atoms with E-state index in [2.05, 4.69) is 5.32 Å². The van der Waals surface area contributed by atoms with Crippen LogP contribution < -0.4 is 5.32 Å². The Morgan fingerprint density at radius 1 is 0.923 bits per heavy atom. The van der Waals surface area contributed by atoms with Crippen LogP contribution in [0, 0.1) is 5.82 Å². The van der Waals surface area contributed by atoms with E-state index in [0.29, 0.717) is 0 Å². The molecule has 6 nitrogen and oxygen atoms in total. The minimum Gasteiger partial charge on any atom is -0.457 e. The topological polar surface area (TPSA) is 81.7 Å². The Kier molecular flexibility index (Phi) is 7.30. The number of Topliss-reactive ketones (excluding diaryl/α,β-unsaturated/α-hetero) is 1. The zero-order chi connectivity index (χ0) is 18.8. The molecule has 0 radical (unpaired) electrons. The molecule has 0 unspecified atom stereocenters. The smallest absolute Gasteiger partial charge is 0.407 e. The summed E-state index contributed by atoms with van der Waals surface area (Å²) in [5.41, 5.74) is 1.10. The van der Waals surface area contributed by atoms with E-state index >= 15 is 0 Å². The number of carbonyl (C=O) groups excluding carboxylic acids is 3. The van der Waals surface area contributed by atoms with Gasteiger partial charge >= 0.3 is 12.1 Å². The fraction of sp³-hybridized carbons (Fsp3) is 0.211. The summed E-state index contributed by atoms with van der Waals surface area (Å²) in [6.07, 6.45) is -0.749. The molecule has 26 heavy (non-hydrogen) atoms. The highest BCUT2D eigenvalue weighted by atomic mass is 19.1. The number of halogens is 1. The van der Waals surface area contributed by atoms with Crippen LogP contribution in [0.2, 0.25) is 0 Å². The van der Waals surface area contributed by atoms with E-state index in [1.165, 1.54) is 12.1 Å². The van der Waals surface area contributed by atoms with Crippen molar-refractivity contribution in [2.75, 3.05) is 13.2 Å². The second-order valence-electron chi connectivity index (χ2n) is 5.33. The standard InChI is InChI=1S/C19H18FNO5/c20-16-8-6-15(7-9-16)17(22)13-25-18(23)10-11-21-19(24)26-12-14-4-2-1-3-5-14/h1-9H,10-13H2,(H,21,24). The lowest BCUT2D eigenvalue weighted by Gasteiger charge is -2.07. The molecule has 0 saturated carbocycles. The molecule has 0 heterocycles. The van der Waals surface area contributed by atoms with Crippen molar-refractivity contribution in [2.45, 2.75) is 13.0 Å². The van der Waals surface area contributed by atoms with Gasteiger partial charge in [0.1, 0.15) is 12.4 Å². The molecule has 0 aliphatic heterocycles. The van der Waals surface area contributed by atoms with E-state index in [1.54, 1.807) is 0 Å². The summed E-state index contributed by atoms with van der Waals surface area (Å²) in [5.74, 6) is -1.53. The highest BCUT2D eigenvalue weighted by molar-refractivity contribution is 5.97. The summed E-state index contributed by atoms with van der Waals surface area (Å²) in [6.45, 7) is -0.288. The molecule has 0 fully saturated rings. The molecule has 0 aliphatic rings. The van der Waals surface area contributed by atoms with Crippen molar-refractivity contribution in [2.24, 2.45) is 0 Å². The van der Waals surface area contributed by atoms with Crippen molar-refractivity contribution in [3.63, 3.8) is 0 Å². The SMILES string of the molecule is O=C(CCNC(=O)OCc1ccccc1)OCC(=O)c1ccc(F)cc1. The lowest BCUT2D eigenvalue weighted by atomic mass is 10.1. The van der Waals surface area contributed by atoms with E-state index in [9.17, 15) is 18.8 Å². The van der Waals surface area contributed by atoms with Gasteiger partial charge in [-0.05, 0) is 29.8 Å². The first-order valence-electron chi connectivity index (χ1n) is 7.93. The fourth-order valence-electron chi connectivity index (χ4n) is 1.98. The van der Waals surface area contributed by atoms with E-state index < -0.39 is 30.3 Å². The van der Waals surface area contributed by atoms with Crippen LogP contribution in [0.4, 0.5) is 9.18 Å². The second-order valence-corrected chi connectivity index (χ2v) is 5.33. The number of amides is 1. The van der Waals surface area contributed by atoms with Crippen LogP contribution in [0.25, 0.3) is 0 Å². The number of hydrogen-bond donors (Lipinski definition) is 1. The van der Waals surface area contributed by atoms with Crippen LogP contribution in [0.1, 0.15) is 22.3 Å². The van der Waals surface area contributed by atoms with Crippen molar-refractivity contribution >= 4 is 17.8 Å². The van der Waals surface area contributed by atoms with Gasteiger partial charge in [0.15, 0.2) is 12.4 Å². The maximum Gasteiger partial charge on any atom is 0.407 e. The predicted molar refractivity (Wildman–Crippen MR) is 90.9 cm³/mol. The third kappa shape index (κ3) is 6.72. The average molecular weight is 359 g/mol. The summed E-state index contributed by atoms with van der Waals surface area (Å²) in [5, 5.41) is 2.42. The number of benzene rings is 2. The summed E-state index contributed by atoms with van der Waals surface area (Å²) in [4.78, 5) is 34.8. The highest BCUT2D eigenvalue weighted by Crippen LogP contribution is 2.04. The zero-order valence-corrected chi connectivity index (χ0v) is 13.9. The summed E-state index contributed by atoms with van der Waals surface area (Å²) >= 11 is 0. The Labute approximate surface area is 149 Å². The Morgan fingerprint density at radius 2 is 1.62 bits per heavy atom. The maximum absolute atomic E-state index is 12.8. The number of rotatable bonds is 8. The van der Waals surface area contributed by atoms with E-state index in [-0.39, 0.29) is 25.1 Å². The molecule has 0 atom stereocenters. The molecule has 7 heteroatoms. The molecule has 136 valence electrons. The number of alkyl carbamates (subject to hydrolysis) is 1. The Balaban J connectivity index is 1.60. The van der Waals surface area contributed by atoms with Gasteiger partial charge in [0.2, 0.25) is 0 Å². The Hall–Kier alpha value is -3.22. The minimum atomic E-state index is -0.649. The van der Waals surface area contributed by atoms with Gasteiger partial charge in [-0.1, -0.05) is 30.3 Å². The van der Waals surface area contributed by atoms with Crippen molar-refractivity contribution < 1.29 is 28.2 Å². The molecule has 2 aromatic rings. The highest BCUT2D eigenvalue weighted by Gasteiger charge is 2.11. The summed E-state index contributed by atoms with van der Waals surface area (Å²) in [7, 11) is 0. The van der Waals surface area contributed by atoms with Crippen molar-refractivity contribution in [3.05, 3.63) is 71.5 Å². The first-order chi connectivity index (χ1) is 12.5. The van der Waals surface area contributed by atoms with Gasteiger partial charge < -0.3 is 14.8 Å². The third-order valence-corrected chi connectivity index (χ3v) is 3.34. The molecule has 0 bridgehead atoms. The zero-order valence-electron chi connectivity index (χ0n) is 13.9. The fourth-order valence-corrected chi connectivity index (χ4v) is 1.98. The Bertz CT molecular complexity index is 746. The van der Waals surface area contributed by atoms with Crippen LogP contribution in [0.3, 0.4) is 0 Å². The van der Waals surface area contributed by atoms with Gasteiger partial charge in [0, 0.05) is 12.1 Å². The first kappa shape index (κ1) is 19.1. The lowest BCUT2D eigenvalue weighted by Crippen LogP contribution is -2.27. The van der Waals surface area contributed by atoms with Crippen LogP contribution in [0.15, 0.2) is 54.6 Å². The molecule has 0 aromatic heterocycles. The van der Waals surface area contributed by atoms with E-state index in [4.69, 9.17) is 9.47 Å². The van der Waals surface area contributed by atoms with Crippen LogP contribution in [-0.2, 0) is 20.9 Å². The lowest BCUT2D eigenvalue weighted by molar-refractivity contribution is -0.142. The third-order valence-electron chi connectivity index (χ3n) is 3.34. The summed E-state index contributed by atoms with van der Waals surface area (Å²) < 4.78 is 22.6. The molecule has 1 N–H and O–H groups in total. The molecule has 0 aliphatic carbocycles. The molecule has 2 rings (SSSR count). The van der Waals surface area contributed by atoms with Gasteiger partial charge in [-0.2, -0.15) is 0 Å². The van der Waals surface area contributed by atoms with E-state index in [0.717, 1.165) is 17.7 Å². The maximum atomic E-state index is 12.8. The number of hydrogen-bond acceptors (Lipinski definition) is 5. The Morgan fingerprint density at radius 3 is 2.31 bits per heavy atom. The van der Waals surface area contributed by atoms with Crippen molar-refractivity contribution in [3.8, 4) is 0 Å². The molecule has 1 amide bonds. The number of esters is 1. The van der Waals surface area contributed by atoms with E-state index in [1.807, 2.05) is 30.3 Å². The first-order valence-corrected chi connectivity index (χ1v) is 7.93. The number of ketones is 1. The molecule has 0 spiro atoms. The van der Waals surface area contributed by atoms with Gasteiger partial charge in [0.25, 0.3) is 0 Å². The van der Waals surface area contributed by atoms with Gasteiger partial charge in [-0.25, -0.2) is 9.18 Å². The quantitative estimate of drug-likeness (QED) is 0.579. The molecular formula is C19H18FNO5. The van der Waals surface area contributed by atoms with Gasteiger partial charge in [-0.15, -0.1) is 0 Å². The number of carbonyl (C=O) groups is 3. The average Bonchev–Trinajstić information content (AvgIpc) is 2.66. The minimum absolute atomic E-state index is 0.0250. The number of nitrogens with one attached hydrogen (secondary N) is 1. The molecule has 0 saturated heterocycles. The molecular weight excluding hydrogens is 341 g/mol. The summed E-state index contributed by atoms with van der Waals surface area (Å²) in [6, 6.07) is 14.1. The van der Waals surface area contributed by atoms with Crippen LogP contribution >= 0.6 is 0 Å². The number of ether oxygens (including phenoxy) is 2. The normalized spacial score (nSPS) is 10.0. The molecule has 2 aromatic carbocycles. The van der Waals surface area contributed by atoms with Crippen molar-refractivity contribution in [1.29, 1.82) is 0 Å². The van der Waals surface area contributed by atoms with Gasteiger partial charge in [-0.3, -0.25) is 9.59 Å². The van der Waals surface area contributed by atoms with Crippen molar-refractivity contribution in [1.82, 2.24) is 5.32 Å². The monoisotopic (exact) mass is 359 g/mol. The predicted octanol–water partition coefficient (Wildman–Crippen LogP) is 2.87.